The van der Waals surface area contributed by atoms with Gasteiger partial charge in [0.25, 0.3) is 0 Å². The van der Waals surface area contributed by atoms with Gasteiger partial charge in [0.1, 0.15) is 5.84 Å². The third kappa shape index (κ3) is 3.68. The molecule has 1 aromatic carbocycles. The number of hydrogen-bond acceptors (Lipinski definition) is 3. The molecule has 2 rings (SSSR count). The minimum Gasteiger partial charge on any atom is -0.384 e. The molecule has 0 fully saturated rings. The fourth-order valence-electron chi connectivity index (χ4n) is 1.65. The first-order valence-corrected chi connectivity index (χ1v) is 6.67. The summed E-state index contributed by atoms with van der Waals surface area (Å²) in [7, 11) is 0. The van der Waals surface area contributed by atoms with Crippen molar-refractivity contribution in [2.45, 2.75) is 13.0 Å². The van der Waals surface area contributed by atoms with E-state index in [1.165, 1.54) is 4.88 Å². The quantitative estimate of drug-likeness (QED) is 0.476. The van der Waals surface area contributed by atoms with E-state index in [1.54, 1.807) is 11.3 Å². The van der Waals surface area contributed by atoms with E-state index in [9.17, 15) is 0 Å². The molecule has 18 heavy (non-hydrogen) atoms. The van der Waals surface area contributed by atoms with Crippen LogP contribution in [0.4, 0.5) is 0 Å². The lowest BCUT2D eigenvalue weighted by molar-refractivity contribution is 0.124. The van der Waals surface area contributed by atoms with E-state index < -0.39 is 0 Å². The Morgan fingerprint density at radius 2 is 2.17 bits per heavy atom. The standard InChI is InChI=1S/C14H16N2OS/c15-14(16)12-4-1-3-11(9-12)10-17-7-6-13-5-2-8-18-13/h1-5,8-9H,6-7,10H2,(H3,15,16). The molecular weight excluding hydrogens is 244 g/mol. The average molecular weight is 260 g/mol. The summed E-state index contributed by atoms with van der Waals surface area (Å²) in [6.45, 7) is 1.28. The lowest BCUT2D eigenvalue weighted by Gasteiger charge is -2.05. The molecule has 0 spiro atoms. The van der Waals surface area contributed by atoms with Crippen molar-refractivity contribution < 1.29 is 4.74 Å². The molecule has 3 nitrogen and oxygen atoms in total. The highest BCUT2D eigenvalue weighted by Gasteiger charge is 1.99. The number of thiophene rings is 1. The Kier molecular flexibility index (Phi) is 4.50. The van der Waals surface area contributed by atoms with Crippen molar-refractivity contribution in [3.8, 4) is 0 Å². The molecule has 0 unspecified atom stereocenters. The molecule has 0 atom stereocenters. The summed E-state index contributed by atoms with van der Waals surface area (Å²) in [6.07, 6.45) is 0.948. The Labute approximate surface area is 111 Å². The number of benzene rings is 1. The normalized spacial score (nSPS) is 10.4. The molecule has 0 aliphatic heterocycles. The number of nitrogens with two attached hydrogens (primary N) is 1. The number of nitrogen functional groups attached to an aromatic ring is 1. The molecule has 0 radical (unpaired) electrons. The van der Waals surface area contributed by atoms with Gasteiger partial charge in [-0.3, -0.25) is 5.41 Å². The van der Waals surface area contributed by atoms with Crippen molar-refractivity contribution in [3.05, 3.63) is 57.8 Å². The molecule has 0 saturated carbocycles. The van der Waals surface area contributed by atoms with Gasteiger partial charge in [0.2, 0.25) is 0 Å². The molecule has 0 amide bonds. The van der Waals surface area contributed by atoms with Crippen LogP contribution in [0.2, 0.25) is 0 Å². The summed E-state index contributed by atoms with van der Waals surface area (Å²) in [6, 6.07) is 11.8. The van der Waals surface area contributed by atoms with Crippen LogP contribution in [0.3, 0.4) is 0 Å². The molecule has 1 aromatic heterocycles. The Morgan fingerprint density at radius 3 is 2.89 bits per heavy atom. The molecule has 0 saturated heterocycles. The molecule has 94 valence electrons. The van der Waals surface area contributed by atoms with Gasteiger partial charge in [-0.05, 0) is 23.1 Å². The fourth-order valence-corrected chi connectivity index (χ4v) is 2.34. The van der Waals surface area contributed by atoms with Crippen LogP contribution in [0, 0.1) is 5.41 Å². The highest BCUT2D eigenvalue weighted by Crippen LogP contribution is 2.10. The number of rotatable bonds is 6. The summed E-state index contributed by atoms with van der Waals surface area (Å²) in [5.74, 6) is 0.0930. The second-order valence-electron chi connectivity index (χ2n) is 4.00. The third-order valence-electron chi connectivity index (χ3n) is 2.58. The fraction of sp³-hybridized carbons (Fsp3) is 0.214. The first-order valence-electron chi connectivity index (χ1n) is 5.79. The predicted octanol–water partition coefficient (Wildman–Crippen LogP) is 2.79. The van der Waals surface area contributed by atoms with Crippen molar-refractivity contribution in [2.75, 3.05) is 6.61 Å². The van der Waals surface area contributed by atoms with E-state index in [2.05, 4.69) is 17.5 Å². The highest BCUT2D eigenvalue weighted by atomic mass is 32.1. The second-order valence-corrected chi connectivity index (χ2v) is 5.03. The molecule has 2 aromatic rings. The highest BCUT2D eigenvalue weighted by molar-refractivity contribution is 7.09. The van der Waals surface area contributed by atoms with Crippen LogP contribution < -0.4 is 5.73 Å². The molecule has 4 heteroatoms. The first kappa shape index (κ1) is 12.8. The first-order chi connectivity index (χ1) is 8.75. The number of hydrogen-bond donors (Lipinski definition) is 2. The summed E-state index contributed by atoms with van der Waals surface area (Å²) in [5, 5.41) is 9.45. The van der Waals surface area contributed by atoms with Gasteiger partial charge < -0.3 is 10.5 Å². The maximum absolute atomic E-state index is 7.38. The zero-order chi connectivity index (χ0) is 12.8. The van der Waals surface area contributed by atoms with Crippen LogP contribution in [0.5, 0.6) is 0 Å². The van der Waals surface area contributed by atoms with Crippen molar-refractivity contribution in [2.24, 2.45) is 5.73 Å². The molecule has 3 N–H and O–H groups in total. The Bertz CT molecular complexity index is 508. The van der Waals surface area contributed by atoms with Crippen LogP contribution in [-0.2, 0) is 17.8 Å². The van der Waals surface area contributed by atoms with E-state index in [0.717, 1.165) is 17.5 Å². The monoisotopic (exact) mass is 260 g/mol. The summed E-state index contributed by atoms with van der Waals surface area (Å²) in [5.41, 5.74) is 7.24. The lowest BCUT2D eigenvalue weighted by Crippen LogP contribution is -2.11. The van der Waals surface area contributed by atoms with Crippen LogP contribution in [0.15, 0.2) is 41.8 Å². The van der Waals surface area contributed by atoms with E-state index in [4.69, 9.17) is 15.9 Å². The van der Waals surface area contributed by atoms with Gasteiger partial charge in [0.15, 0.2) is 0 Å². The smallest absolute Gasteiger partial charge is 0.122 e. The minimum atomic E-state index is 0.0930. The number of ether oxygens (including phenoxy) is 1. The third-order valence-corrected chi connectivity index (χ3v) is 3.52. The summed E-state index contributed by atoms with van der Waals surface area (Å²) in [4.78, 5) is 1.34. The van der Waals surface area contributed by atoms with Gasteiger partial charge in [-0.15, -0.1) is 11.3 Å². The number of nitrogens with one attached hydrogen (secondary N) is 1. The largest absolute Gasteiger partial charge is 0.384 e. The second kappa shape index (κ2) is 6.33. The summed E-state index contributed by atoms with van der Waals surface area (Å²) < 4.78 is 5.62. The summed E-state index contributed by atoms with van der Waals surface area (Å²) >= 11 is 1.75. The Hall–Kier alpha value is -1.65. The van der Waals surface area contributed by atoms with Crippen molar-refractivity contribution in [1.29, 1.82) is 5.41 Å². The Morgan fingerprint density at radius 1 is 1.28 bits per heavy atom. The van der Waals surface area contributed by atoms with Crippen LogP contribution in [-0.4, -0.2) is 12.4 Å². The topological polar surface area (TPSA) is 59.1 Å². The van der Waals surface area contributed by atoms with E-state index in [-0.39, 0.29) is 5.84 Å². The van der Waals surface area contributed by atoms with Gasteiger partial charge >= 0.3 is 0 Å². The predicted molar refractivity (Wildman–Crippen MR) is 75.1 cm³/mol. The maximum Gasteiger partial charge on any atom is 0.122 e. The number of amidine groups is 1. The molecule has 0 aliphatic rings. The van der Waals surface area contributed by atoms with Gasteiger partial charge in [-0.25, -0.2) is 0 Å². The zero-order valence-electron chi connectivity index (χ0n) is 10.1. The molecule has 1 heterocycles. The van der Waals surface area contributed by atoms with Crippen molar-refractivity contribution in [1.82, 2.24) is 0 Å². The lowest BCUT2D eigenvalue weighted by atomic mass is 10.1. The van der Waals surface area contributed by atoms with Gasteiger partial charge in [0, 0.05) is 16.9 Å². The van der Waals surface area contributed by atoms with Crippen molar-refractivity contribution >= 4 is 17.2 Å². The van der Waals surface area contributed by atoms with E-state index in [1.807, 2.05) is 24.3 Å². The molecule has 0 bridgehead atoms. The van der Waals surface area contributed by atoms with Crippen molar-refractivity contribution in [3.63, 3.8) is 0 Å². The zero-order valence-corrected chi connectivity index (χ0v) is 10.9. The van der Waals surface area contributed by atoms with E-state index in [0.29, 0.717) is 13.2 Å². The average Bonchev–Trinajstić information content (AvgIpc) is 2.88. The van der Waals surface area contributed by atoms with Gasteiger partial charge in [-0.1, -0.05) is 24.3 Å². The van der Waals surface area contributed by atoms with Crippen LogP contribution in [0.1, 0.15) is 16.0 Å². The van der Waals surface area contributed by atoms with Gasteiger partial charge in [0.05, 0.1) is 13.2 Å². The van der Waals surface area contributed by atoms with E-state index >= 15 is 0 Å². The minimum absolute atomic E-state index is 0.0930. The maximum atomic E-state index is 7.38. The van der Waals surface area contributed by atoms with Gasteiger partial charge in [-0.2, -0.15) is 0 Å². The van der Waals surface area contributed by atoms with Crippen LogP contribution >= 0.6 is 11.3 Å². The molecular formula is C14H16N2OS. The molecule has 0 aliphatic carbocycles. The Balaban J connectivity index is 1.79. The van der Waals surface area contributed by atoms with Crippen LogP contribution in [0.25, 0.3) is 0 Å². The SMILES string of the molecule is N=C(N)c1cccc(COCCc2cccs2)c1.